The first kappa shape index (κ1) is 9.43. The van der Waals surface area contributed by atoms with E-state index >= 15 is 0 Å². The van der Waals surface area contributed by atoms with Crippen LogP contribution in [0.25, 0.3) is 0 Å². The number of nitrogens with zero attached hydrogens (tertiary/aromatic N) is 2. The van der Waals surface area contributed by atoms with Gasteiger partial charge in [-0.3, -0.25) is 9.80 Å². The molecule has 0 fully saturated rings. The maximum Gasteiger partial charge on any atom is 0.236 e. The van der Waals surface area contributed by atoms with Crippen molar-refractivity contribution in [3.63, 3.8) is 0 Å². The molecular weight excluding hydrogens is 128 g/mol. The van der Waals surface area contributed by atoms with Gasteiger partial charge in [0.1, 0.15) is 0 Å². The van der Waals surface area contributed by atoms with E-state index in [-0.39, 0.29) is 5.91 Å². The Kier molecular flexibility index (Phi) is 4.03. The minimum atomic E-state index is 0.174. The molecule has 0 aromatic carbocycles. The number of carbonyl (C=O) groups is 1. The lowest BCUT2D eigenvalue weighted by Crippen LogP contribution is -2.38. The molecule has 10 heavy (non-hydrogen) atoms. The summed E-state index contributed by atoms with van der Waals surface area (Å²) in [5.41, 5.74) is 0. The average Bonchev–Trinajstić information content (AvgIpc) is 1.87. The Balaban J connectivity index is 3.71. The third kappa shape index (κ3) is 2.82. The molecule has 3 heteroatoms. The first-order valence-corrected chi connectivity index (χ1v) is 3.53. The van der Waals surface area contributed by atoms with Gasteiger partial charge in [0.15, 0.2) is 0 Å². The minimum absolute atomic E-state index is 0.174. The molecule has 0 unspecified atom stereocenters. The van der Waals surface area contributed by atoms with Crippen molar-refractivity contribution in [1.82, 2.24) is 10.0 Å². The first-order chi connectivity index (χ1) is 4.59. The van der Waals surface area contributed by atoms with E-state index in [1.54, 1.807) is 17.1 Å². The van der Waals surface area contributed by atoms with Crippen LogP contribution in [0.5, 0.6) is 0 Å². The Bertz CT molecular complexity index is 112. The predicted molar refractivity (Wildman–Crippen MR) is 41.4 cm³/mol. The van der Waals surface area contributed by atoms with E-state index in [0.717, 1.165) is 6.42 Å². The Hall–Kier alpha value is -0.570. The molecule has 0 radical (unpaired) electrons. The van der Waals surface area contributed by atoms with Crippen LogP contribution in [0.4, 0.5) is 0 Å². The fourth-order valence-electron chi connectivity index (χ4n) is 0.599. The highest BCUT2D eigenvalue weighted by molar-refractivity contribution is 5.75. The topological polar surface area (TPSA) is 23.6 Å². The summed E-state index contributed by atoms with van der Waals surface area (Å²) in [5, 5.41) is 3.39. The molecule has 0 aromatic heterocycles. The molecule has 0 bridgehead atoms. The van der Waals surface area contributed by atoms with E-state index in [4.69, 9.17) is 0 Å². The van der Waals surface area contributed by atoms with E-state index in [1.807, 2.05) is 21.0 Å². The monoisotopic (exact) mass is 144 g/mol. The Labute approximate surface area is 62.6 Å². The molecule has 0 aliphatic rings. The molecule has 0 saturated heterocycles. The SMILES string of the molecule is CCCC(=O)N(C)N(C)C. The lowest BCUT2D eigenvalue weighted by molar-refractivity contribution is -0.141. The van der Waals surface area contributed by atoms with Crippen LogP contribution in [0.1, 0.15) is 19.8 Å². The van der Waals surface area contributed by atoms with Crippen LogP contribution in [0.3, 0.4) is 0 Å². The van der Waals surface area contributed by atoms with Gasteiger partial charge < -0.3 is 0 Å². The number of hydrogen-bond donors (Lipinski definition) is 0. The van der Waals surface area contributed by atoms with Gasteiger partial charge in [-0.1, -0.05) is 6.92 Å². The molecule has 0 rings (SSSR count). The Morgan fingerprint density at radius 1 is 1.30 bits per heavy atom. The highest BCUT2D eigenvalue weighted by atomic mass is 16.2. The summed E-state index contributed by atoms with van der Waals surface area (Å²) in [7, 11) is 5.49. The molecule has 1 amide bonds. The number of hydrogen-bond acceptors (Lipinski definition) is 2. The summed E-state index contributed by atoms with van der Waals surface area (Å²) in [5.74, 6) is 0.174. The van der Waals surface area contributed by atoms with Crippen LogP contribution in [-0.2, 0) is 4.79 Å². The van der Waals surface area contributed by atoms with Crippen LogP contribution in [0, 0.1) is 0 Å². The van der Waals surface area contributed by atoms with Crippen molar-refractivity contribution < 1.29 is 4.79 Å². The van der Waals surface area contributed by atoms with Crippen LogP contribution in [-0.4, -0.2) is 37.1 Å². The predicted octanol–water partition coefficient (Wildman–Crippen LogP) is 0.722. The van der Waals surface area contributed by atoms with Gasteiger partial charge in [0.25, 0.3) is 0 Å². The zero-order valence-corrected chi connectivity index (χ0v) is 7.22. The highest BCUT2D eigenvalue weighted by Crippen LogP contribution is 1.94. The van der Waals surface area contributed by atoms with Gasteiger partial charge in [0, 0.05) is 27.6 Å². The van der Waals surface area contributed by atoms with Crippen LogP contribution < -0.4 is 0 Å². The zero-order chi connectivity index (χ0) is 8.15. The van der Waals surface area contributed by atoms with Gasteiger partial charge in [-0.05, 0) is 6.42 Å². The first-order valence-electron chi connectivity index (χ1n) is 3.53. The molecule has 0 heterocycles. The largest absolute Gasteiger partial charge is 0.279 e. The van der Waals surface area contributed by atoms with Gasteiger partial charge in [0.2, 0.25) is 5.91 Å². The number of rotatable bonds is 3. The normalized spacial score (nSPS) is 10.1. The van der Waals surface area contributed by atoms with Crippen molar-refractivity contribution in [2.45, 2.75) is 19.8 Å². The standard InChI is InChI=1S/C7H16N2O/c1-5-6-7(10)9(4)8(2)3/h5-6H2,1-4H3. The van der Waals surface area contributed by atoms with Crippen molar-refractivity contribution in [2.24, 2.45) is 0 Å². The summed E-state index contributed by atoms with van der Waals surface area (Å²) in [6, 6.07) is 0. The fraction of sp³-hybridized carbons (Fsp3) is 0.857. The highest BCUT2D eigenvalue weighted by Gasteiger charge is 2.07. The molecule has 0 aliphatic carbocycles. The Morgan fingerprint density at radius 2 is 1.80 bits per heavy atom. The third-order valence-electron chi connectivity index (χ3n) is 1.42. The Morgan fingerprint density at radius 3 is 2.10 bits per heavy atom. The van der Waals surface area contributed by atoms with Gasteiger partial charge in [0.05, 0.1) is 0 Å². The van der Waals surface area contributed by atoms with Gasteiger partial charge >= 0.3 is 0 Å². The number of amides is 1. The summed E-state index contributed by atoms with van der Waals surface area (Å²) in [6.45, 7) is 2.00. The average molecular weight is 144 g/mol. The van der Waals surface area contributed by atoms with E-state index in [0.29, 0.717) is 6.42 Å². The molecular formula is C7H16N2O. The summed E-state index contributed by atoms with van der Waals surface area (Å²) >= 11 is 0. The molecule has 0 aliphatic heterocycles. The lowest BCUT2D eigenvalue weighted by Gasteiger charge is -2.23. The minimum Gasteiger partial charge on any atom is -0.279 e. The fourth-order valence-corrected chi connectivity index (χ4v) is 0.599. The lowest BCUT2D eigenvalue weighted by atomic mass is 10.3. The van der Waals surface area contributed by atoms with E-state index in [9.17, 15) is 4.79 Å². The smallest absolute Gasteiger partial charge is 0.236 e. The van der Waals surface area contributed by atoms with Crippen LogP contribution >= 0.6 is 0 Å². The second-order valence-corrected chi connectivity index (χ2v) is 2.51. The van der Waals surface area contributed by atoms with Crippen molar-refractivity contribution in [3.8, 4) is 0 Å². The van der Waals surface area contributed by atoms with Gasteiger partial charge in [-0.2, -0.15) is 0 Å². The molecule has 60 valence electrons. The summed E-state index contributed by atoms with van der Waals surface area (Å²) in [4.78, 5) is 11.1. The molecule has 0 saturated carbocycles. The van der Waals surface area contributed by atoms with Crippen molar-refractivity contribution in [1.29, 1.82) is 0 Å². The molecule has 0 spiro atoms. The maximum absolute atomic E-state index is 11.1. The van der Waals surface area contributed by atoms with Crippen molar-refractivity contribution in [3.05, 3.63) is 0 Å². The van der Waals surface area contributed by atoms with Crippen molar-refractivity contribution in [2.75, 3.05) is 21.1 Å². The number of carbonyl (C=O) groups excluding carboxylic acids is 1. The van der Waals surface area contributed by atoms with Gasteiger partial charge in [-0.25, -0.2) is 5.01 Å². The molecule has 0 atom stereocenters. The van der Waals surface area contributed by atoms with E-state index in [1.165, 1.54) is 0 Å². The summed E-state index contributed by atoms with van der Waals surface area (Å²) < 4.78 is 0. The number of hydrazine groups is 1. The van der Waals surface area contributed by atoms with E-state index in [2.05, 4.69) is 0 Å². The van der Waals surface area contributed by atoms with Crippen LogP contribution in [0.15, 0.2) is 0 Å². The van der Waals surface area contributed by atoms with E-state index < -0.39 is 0 Å². The second kappa shape index (κ2) is 4.28. The van der Waals surface area contributed by atoms with Crippen LogP contribution in [0.2, 0.25) is 0 Å². The molecule has 3 nitrogen and oxygen atoms in total. The second-order valence-electron chi connectivity index (χ2n) is 2.51. The summed E-state index contributed by atoms with van der Waals surface area (Å²) in [6.07, 6.45) is 1.55. The van der Waals surface area contributed by atoms with Gasteiger partial charge in [-0.15, -0.1) is 0 Å². The third-order valence-corrected chi connectivity index (χ3v) is 1.42. The molecule has 0 aromatic rings. The molecule has 0 N–H and O–H groups in total. The maximum atomic E-state index is 11.1. The van der Waals surface area contributed by atoms with Crippen molar-refractivity contribution >= 4 is 5.91 Å². The zero-order valence-electron chi connectivity index (χ0n) is 7.22. The quantitative estimate of drug-likeness (QED) is 0.545.